The van der Waals surface area contributed by atoms with Crippen molar-refractivity contribution in [1.82, 2.24) is 4.90 Å². The summed E-state index contributed by atoms with van der Waals surface area (Å²) in [6.07, 6.45) is 4.44. The molecule has 0 spiro atoms. The number of allylic oxidation sites excluding steroid dienone is 1. The minimum absolute atomic E-state index is 0.383. The van der Waals surface area contributed by atoms with Crippen LogP contribution in [-0.4, -0.2) is 24.8 Å². The van der Waals surface area contributed by atoms with Crippen LogP contribution in [0.2, 0.25) is 0 Å². The zero-order chi connectivity index (χ0) is 7.56. The van der Waals surface area contributed by atoms with Gasteiger partial charge in [0, 0.05) is 26.9 Å². The van der Waals surface area contributed by atoms with Crippen LogP contribution in [0, 0.1) is 0 Å². The average Bonchev–Trinajstić information content (AvgIpc) is 2.13. The molecule has 2 heteroatoms. The summed E-state index contributed by atoms with van der Waals surface area (Å²) >= 11 is 0. The maximum absolute atomic E-state index is 10.8. The molecule has 56 valence electrons. The summed E-state index contributed by atoms with van der Waals surface area (Å²) < 4.78 is 0. The van der Waals surface area contributed by atoms with Gasteiger partial charge in [0.1, 0.15) is 5.78 Å². The topological polar surface area (TPSA) is 20.3 Å². The first-order valence-corrected chi connectivity index (χ1v) is 3.56. The molecule has 0 aliphatic heterocycles. The molecule has 0 unspecified atom stereocenters. The average molecular weight is 139 g/mol. The van der Waals surface area contributed by atoms with E-state index in [4.69, 9.17) is 0 Å². The Bertz CT molecular complexity index is 170. The van der Waals surface area contributed by atoms with Crippen molar-refractivity contribution in [2.45, 2.75) is 19.3 Å². The van der Waals surface area contributed by atoms with Crippen molar-refractivity contribution in [2.24, 2.45) is 0 Å². The van der Waals surface area contributed by atoms with Crippen molar-refractivity contribution in [1.29, 1.82) is 0 Å². The zero-order valence-corrected chi connectivity index (χ0v) is 6.55. The van der Waals surface area contributed by atoms with Crippen molar-refractivity contribution in [3.8, 4) is 0 Å². The van der Waals surface area contributed by atoms with Gasteiger partial charge in [-0.15, -0.1) is 0 Å². The fourth-order valence-corrected chi connectivity index (χ4v) is 1.21. The van der Waals surface area contributed by atoms with E-state index in [0.717, 1.165) is 12.8 Å². The highest BCUT2D eigenvalue weighted by Gasteiger charge is 2.14. The Morgan fingerprint density at radius 3 is 2.50 bits per heavy atom. The van der Waals surface area contributed by atoms with Crippen LogP contribution >= 0.6 is 0 Å². The summed E-state index contributed by atoms with van der Waals surface area (Å²) in [5.41, 5.74) is 1.27. The number of carbonyl (C=O) groups is 1. The SMILES string of the molecule is CN(C)/C=C1/CCC(=O)C1. The molecule has 2 nitrogen and oxygen atoms in total. The van der Waals surface area contributed by atoms with Crippen LogP contribution in [0.25, 0.3) is 0 Å². The smallest absolute Gasteiger partial charge is 0.137 e. The monoisotopic (exact) mass is 139 g/mol. The maximum atomic E-state index is 10.8. The highest BCUT2D eigenvalue weighted by Crippen LogP contribution is 2.20. The molecule has 1 fully saturated rings. The van der Waals surface area contributed by atoms with Crippen molar-refractivity contribution in [2.75, 3.05) is 14.1 Å². The zero-order valence-electron chi connectivity index (χ0n) is 6.55. The molecular weight excluding hydrogens is 126 g/mol. The molecule has 0 bridgehead atoms. The second-order valence-electron chi connectivity index (χ2n) is 2.97. The van der Waals surface area contributed by atoms with Gasteiger partial charge in [-0.1, -0.05) is 0 Å². The lowest BCUT2D eigenvalue weighted by Gasteiger charge is -2.05. The predicted molar refractivity (Wildman–Crippen MR) is 40.6 cm³/mol. The van der Waals surface area contributed by atoms with E-state index in [9.17, 15) is 4.79 Å². The summed E-state index contributed by atoms with van der Waals surface area (Å²) in [4.78, 5) is 12.8. The van der Waals surface area contributed by atoms with Crippen molar-refractivity contribution >= 4 is 5.78 Å². The number of ketones is 1. The molecule has 1 aliphatic carbocycles. The van der Waals surface area contributed by atoms with E-state index in [1.165, 1.54) is 5.57 Å². The lowest BCUT2D eigenvalue weighted by atomic mass is 10.2. The van der Waals surface area contributed by atoms with E-state index in [2.05, 4.69) is 0 Å². The van der Waals surface area contributed by atoms with Crippen molar-refractivity contribution in [3.05, 3.63) is 11.8 Å². The fourth-order valence-electron chi connectivity index (χ4n) is 1.21. The predicted octanol–water partition coefficient (Wildman–Crippen LogP) is 1.18. The molecule has 0 N–H and O–H groups in total. The lowest BCUT2D eigenvalue weighted by molar-refractivity contribution is -0.117. The lowest BCUT2D eigenvalue weighted by Crippen LogP contribution is -2.01. The van der Waals surface area contributed by atoms with Gasteiger partial charge < -0.3 is 4.90 Å². The summed E-state index contributed by atoms with van der Waals surface area (Å²) in [7, 11) is 3.96. The highest BCUT2D eigenvalue weighted by atomic mass is 16.1. The number of rotatable bonds is 1. The van der Waals surface area contributed by atoms with Gasteiger partial charge >= 0.3 is 0 Å². The standard InChI is InChI=1S/C8H13NO/c1-9(2)6-7-3-4-8(10)5-7/h6H,3-5H2,1-2H3/b7-6-. The molecule has 1 aliphatic rings. The van der Waals surface area contributed by atoms with Crippen LogP contribution in [0.4, 0.5) is 0 Å². The van der Waals surface area contributed by atoms with Gasteiger partial charge in [0.2, 0.25) is 0 Å². The minimum atomic E-state index is 0.383. The van der Waals surface area contributed by atoms with Gasteiger partial charge in [0.25, 0.3) is 0 Å². The highest BCUT2D eigenvalue weighted by molar-refractivity contribution is 5.84. The summed E-state index contributed by atoms with van der Waals surface area (Å²) in [6, 6.07) is 0. The molecule has 0 heterocycles. The first kappa shape index (κ1) is 7.32. The number of hydrogen-bond donors (Lipinski definition) is 0. The third-order valence-corrected chi connectivity index (χ3v) is 1.59. The van der Waals surface area contributed by atoms with Gasteiger partial charge in [-0.25, -0.2) is 0 Å². The third-order valence-electron chi connectivity index (χ3n) is 1.59. The van der Waals surface area contributed by atoms with Crippen LogP contribution in [0.5, 0.6) is 0 Å². The second kappa shape index (κ2) is 2.86. The van der Waals surface area contributed by atoms with Crippen LogP contribution in [0.3, 0.4) is 0 Å². The summed E-state index contributed by atoms with van der Waals surface area (Å²) in [5, 5.41) is 0. The Labute approximate surface area is 61.5 Å². The van der Waals surface area contributed by atoms with Crippen molar-refractivity contribution < 1.29 is 4.79 Å². The maximum Gasteiger partial charge on any atom is 0.137 e. The van der Waals surface area contributed by atoms with E-state index in [-0.39, 0.29) is 0 Å². The van der Waals surface area contributed by atoms with Gasteiger partial charge in [0.15, 0.2) is 0 Å². The molecule has 0 amide bonds. The molecule has 1 saturated carbocycles. The number of hydrogen-bond acceptors (Lipinski definition) is 2. The molecule has 0 saturated heterocycles. The molecule has 1 rings (SSSR count). The molecule has 0 radical (unpaired) electrons. The van der Waals surface area contributed by atoms with E-state index in [0.29, 0.717) is 12.2 Å². The third kappa shape index (κ3) is 1.87. The molecule has 0 aromatic heterocycles. The van der Waals surface area contributed by atoms with Gasteiger partial charge in [0.05, 0.1) is 0 Å². The van der Waals surface area contributed by atoms with Crippen molar-refractivity contribution in [3.63, 3.8) is 0 Å². The number of carbonyl (C=O) groups excluding carboxylic acids is 1. The van der Waals surface area contributed by atoms with Crippen LogP contribution in [0.15, 0.2) is 11.8 Å². The van der Waals surface area contributed by atoms with Crippen LogP contribution in [0.1, 0.15) is 19.3 Å². The summed E-state index contributed by atoms with van der Waals surface area (Å²) in [5.74, 6) is 0.383. The molecule has 0 aromatic carbocycles. The van der Waals surface area contributed by atoms with Gasteiger partial charge in [-0.2, -0.15) is 0 Å². The number of Topliss-reactive ketones (excluding diaryl/α,β-unsaturated/α-hetero) is 1. The summed E-state index contributed by atoms with van der Waals surface area (Å²) in [6.45, 7) is 0. The normalized spacial score (nSPS) is 22.2. The van der Waals surface area contributed by atoms with Gasteiger partial charge in [-0.3, -0.25) is 4.79 Å². The minimum Gasteiger partial charge on any atom is -0.384 e. The largest absolute Gasteiger partial charge is 0.384 e. The van der Waals surface area contributed by atoms with Crippen LogP contribution in [-0.2, 0) is 4.79 Å². The molecule has 10 heavy (non-hydrogen) atoms. The first-order chi connectivity index (χ1) is 4.68. The Balaban J connectivity index is 2.51. The molecule has 0 atom stereocenters. The quantitative estimate of drug-likeness (QED) is 0.543. The fraction of sp³-hybridized carbons (Fsp3) is 0.625. The van der Waals surface area contributed by atoms with Gasteiger partial charge in [-0.05, 0) is 18.2 Å². The van der Waals surface area contributed by atoms with Crippen LogP contribution < -0.4 is 0 Å². The first-order valence-electron chi connectivity index (χ1n) is 3.56. The Morgan fingerprint density at radius 1 is 1.40 bits per heavy atom. The number of nitrogens with zero attached hydrogens (tertiary/aromatic N) is 1. The van der Waals surface area contributed by atoms with E-state index < -0.39 is 0 Å². The Hall–Kier alpha value is -0.790. The van der Waals surface area contributed by atoms with E-state index in [1.807, 2.05) is 25.2 Å². The molecule has 0 aromatic rings. The Morgan fingerprint density at radius 2 is 2.10 bits per heavy atom. The second-order valence-corrected chi connectivity index (χ2v) is 2.97. The van der Waals surface area contributed by atoms with E-state index >= 15 is 0 Å². The van der Waals surface area contributed by atoms with E-state index in [1.54, 1.807) is 0 Å². The molecular formula is C8H13NO. The Kier molecular flexibility index (Phi) is 2.10.